The van der Waals surface area contributed by atoms with Gasteiger partial charge in [-0.2, -0.15) is 0 Å². The van der Waals surface area contributed by atoms with Crippen LogP contribution >= 0.6 is 0 Å². The van der Waals surface area contributed by atoms with Crippen molar-refractivity contribution in [2.75, 3.05) is 13.2 Å². The highest BCUT2D eigenvalue weighted by molar-refractivity contribution is 5.76. The van der Waals surface area contributed by atoms with Gasteiger partial charge in [0.2, 0.25) is 5.91 Å². The number of allylic oxidation sites excluding steroid dienone is 4. The lowest BCUT2D eigenvalue weighted by Gasteiger charge is -2.22. The molecule has 0 heterocycles. The van der Waals surface area contributed by atoms with Gasteiger partial charge < -0.3 is 20.3 Å². The summed E-state index contributed by atoms with van der Waals surface area (Å²) in [5, 5.41) is 23.2. The molecule has 0 aliphatic rings. The van der Waals surface area contributed by atoms with Gasteiger partial charge in [0.1, 0.15) is 0 Å². The molecule has 0 aromatic rings. The minimum absolute atomic E-state index is 0.00382. The molecule has 0 aromatic heterocycles. The van der Waals surface area contributed by atoms with E-state index in [1.165, 1.54) is 257 Å². The fourth-order valence-electron chi connectivity index (χ4n) is 9.51. The number of ether oxygens (including phenoxy) is 1. The van der Waals surface area contributed by atoms with Gasteiger partial charge in [0.25, 0.3) is 0 Å². The molecule has 6 nitrogen and oxygen atoms in total. The number of unbranched alkanes of at least 4 members (excludes halogenated alkanes) is 42. The second-order valence-electron chi connectivity index (χ2n) is 21.0. The zero-order valence-corrected chi connectivity index (χ0v) is 45.9. The first-order valence-electron chi connectivity index (χ1n) is 30.6. The summed E-state index contributed by atoms with van der Waals surface area (Å²) in [7, 11) is 0. The summed E-state index contributed by atoms with van der Waals surface area (Å²) in [6, 6.07) is -0.545. The molecule has 402 valence electrons. The zero-order chi connectivity index (χ0) is 49.3. The predicted octanol–water partition coefficient (Wildman–Crippen LogP) is 19.0. The van der Waals surface area contributed by atoms with Crippen molar-refractivity contribution in [1.82, 2.24) is 5.32 Å². The second-order valence-corrected chi connectivity index (χ2v) is 21.0. The smallest absolute Gasteiger partial charge is 0.305 e. The Kier molecular flexibility index (Phi) is 56.5. The molecule has 0 aromatic carbocycles. The fraction of sp³-hybridized carbons (Fsp3) is 0.903. The zero-order valence-electron chi connectivity index (χ0n) is 45.9. The van der Waals surface area contributed by atoms with Crippen molar-refractivity contribution in [2.24, 2.45) is 0 Å². The number of esters is 1. The number of nitrogens with one attached hydrogen (secondary N) is 1. The van der Waals surface area contributed by atoms with E-state index in [0.717, 1.165) is 44.9 Å². The van der Waals surface area contributed by atoms with E-state index in [0.29, 0.717) is 25.9 Å². The van der Waals surface area contributed by atoms with Crippen LogP contribution in [-0.4, -0.2) is 47.4 Å². The molecule has 0 saturated carbocycles. The molecule has 0 spiro atoms. The molecule has 2 atom stereocenters. The molecule has 0 radical (unpaired) electrons. The lowest BCUT2D eigenvalue weighted by molar-refractivity contribution is -0.143. The molecule has 0 aliphatic heterocycles. The van der Waals surface area contributed by atoms with E-state index in [9.17, 15) is 19.8 Å². The van der Waals surface area contributed by atoms with Crippen molar-refractivity contribution in [3.05, 3.63) is 24.3 Å². The maximum atomic E-state index is 12.5. The van der Waals surface area contributed by atoms with Crippen LogP contribution in [0.3, 0.4) is 0 Å². The van der Waals surface area contributed by atoms with Crippen LogP contribution in [0.2, 0.25) is 0 Å². The Bertz CT molecular complexity index is 1060. The minimum atomic E-state index is -0.667. The van der Waals surface area contributed by atoms with E-state index in [2.05, 4.69) is 43.5 Å². The Hall–Kier alpha value is -1.66. The Morgan fingerprint density at radius 1 is 0.397 bits per heavy atom. The number of amides is 1. The van der Waals surface area contributed by atoms with Gasteiger partial charge in [0.05, 0.1) is 25.4 Å². The molecule has 0 saturated heterocycles. The molecule has 0 rings (SSSR count). The van der Waals surface area contributed by atoms with Crippen LogP contribution in [0.1, 0.15) is 335 Å². The summed E-state index contributed by atoms with van der Waals surface area (Å²) in [5.74, 6) is -0.0367. The maximum Gasteiger partial charge on any atom is 0.305 e. The Labute approximate surface area is 424 Å². The van der Waals surface area contributed by atoms with Crippen LogP contribution in [0, 0.1) is 0 Å². The third-order valence-corrected chi connectivity index (χ3v) is 14.2. The van der Waals surface area contributed by atoms with E-state index < -0.39 is 12.1 Å². The summed E-state index contributed by atoms with van der Waals surface area (Å²) >= 11 is 0. The second kappa shape index (κ2) is 57.9. The summed E-state index contributed by atoms with van der Waals surface area (Å²) in [4.78, 5) is 24.5. The Morgan fingerprint density at radius 3 is 1.04 bits per heavy atom. The van der Waals surface area contributed by atoms with Crippen molar-refractivity contribution in [3.63, 3.8) is 0 Å². The van der Waals surface area contributed by atoms with Gasteiger partial charge in [0.15, 0.2) is 0 Å². The number of aliphatic hydroxyl groups excluding tert-OH is 2. The lowest BCUT2D eigenvalue weighted by atomic mass is 10.0. The predicted molar refractivity (Wildman–Crippen MR) is 296 cm³/mol. The SMILES string of the molecule is CCCCCCCC/C=C\CCCCCCCC(=O)OCCCCCCCCCCCCCC/C=C\CCCCCCCCCC(=O)NC(CO)C(O)CCCCCCCCCCCCCCC. The highest BCUT2D eigenvalue weighted by Gasteiger charge is 2.20. The largest absolute Gasteiger partial charge is 0.466 e. The standard InChI is InChI=1S/C62H119NO5/c1-3-5-7-9-11-13-15-17-27-32-36-40-44-48-52-56-62(67)68-57-53-49-45-41-37-33-29-26-24-22-20-18-19-21-23-25-28-31-35-39-43-47-51-55-61(66)63-59(58-64)60(65)54-50-46-42-38-34-30-16-14-12-10-8-6-4-2/h17,21,23,27,59-60,64-65H,3-16,18-20,22,24-26,28-58H2,1-2H3,(H,63,66)/b23-21-,27-17-. The summed E-state index contributed by atoms with van der Waals surface area (Å²) in [6.45, 7) is 4.95. The number of hydrogen-bond acceptors (Lipinski definition) is 5. The molecule has 0 fully saturated rings. The number of hydrogen-bond donors (Lipinski definition) is 3. The van der Waals surface area contributed by atoms with Gasteiger partial charge >= 0.3 is 5.97 Å². The van der Waals surface area contributed by atoms with E-state index in [1.807, 2.05) is 0 Å². The van der Waals surface area contributed by atoms with Gasteiger partial charge in [-0.25, -0.2) is 0 Å². The van der Waals surface area contributed by atoms with Crippen LogP contribution in [0.15, 0.2) is 24.3 Å². The molecular weight excluding hydrogens is 839 g/mol. The van der Waals surface area contributed by atoms with Crippen molar-refractivity contribution in [1.29, 1.82) is 0 Å². The first-order chi connectivity index (χ1) is 33.5. The first kappa shape index (κ1) is 66.3. The first-order valence-corrected chi connectivity index (χ1v) is 30.6. The highest BCUT2D eigenvalue weighted by atomic mass is 16.5. The number of carbonyl (C=O) groups excluding carboxylic acids is 2. The van der Waals surface area contributed by atoms with Crippen molar-refractivity contribution in [2.45, 2.75) is 347 Å². The van der Waals surface area contributed by atoms with Gasteiger partial charge in [0, 0.05) is 12.8 Å². The molecule has 2 unspecified atom stereocenters. The topological polar surface area (TPSA) is 95.9 Å². The highest BCUT2D eigenvalue weighted by Crippen LogP contribution is 2.17. The number of aliphatic hydroxyl groups is 2. The molecule has 0 bridgehead atoms. The molecule has 68 heavy (non-hydrogen) atoms. The minimum Gasteiger partial charge on any atom is -0.466 e. The Balaban J connectivity index is 3.40. The molecule has 6 heteroatoms. The van der Waals surface area contributed by atoms with Crippen molar-refractivity contribution >= 4 is 11.9 Å². The van der Waals surface area contributed by atoms with E-state index in [-0.39, 0.29) is 18.5 Å². The van der Waals surface area contributed by atoms with Gasteiger partial charge in [-0.15, -0.1) is 0 Å². The third kappa shape index (κ3) is 53.7. The van der Waals surface area contributed by atoms with Crippen LogP contribution < -0.4 is 5.32 Å². The maximum absolute atomic E-state index is 12.5. The van der Waals surface area contributed by atoms with Crippen LogP contribution in [0.4, 0.5) is 0 Å². The van der Waals surface area contributed by atoms with Gasteiger partial charge in [-0.05, 0) is 77.0 Å². The summed E-state index contributed by atoms with van der Waals surface area (Å²) in [5.41, 5.74) is 0. The summed E-state index contributed by atoms with van der Waals surface area (Å²) in [6.07, 6.45) is 70.4. The van der Waals surface area contributed by atoms with Crippen LogP contribution in [0.25, 0.3) is 0 Å². The number of carbonyl (C=O) groups is 2. The van der Waals surface area contributed by atoms with Gasteiger partial charge in [-0.3, -0.25) is 9.59 Å². The van der Waals surface area contributed by atoms with E-state index >= 15 is 0 Å². The lowest BCUT2D eigenvalue weighted by Crippen LogP contribution is -2.45. The molecule has 0 aliphatic carbocycles. The molecule has 1 amide bonds. The van der Waals surface area contributed by atoms with E-state index in [1.54, 1.807) is 0 Å². The van der Waals surface area contributed by atoms with Crippen LogP contribution in [-0.2, 0) is 14.3 Å². The van der Waals surface area contributed by atoms with Crippen LogP contribution in [0.5, 0.6) is 0 Å². The van der Waals surface area contributed by atoms with Crippen molar-refractivity contribution < 1.29 is 24.5 Å². The van der Waals surface area contributed by atoms with Crippen molar-refractivity contribution in [3.8, 4) is 0 Å². The van der Waals surface area contributed by atoms with E-state index in [4.69, 9.17) is 4.74 Å². The molecule has 3 N–H and O–H groups in total. The monoisotopic (exact) mass is 958 g/mol. The number of rotatable bonds is 57. The third-order valence-electron chi connectivity index (χ3n) is 14.2. The molecular formula is C62H119NO5. The summed E-state index contributed by atoms with van der Waals surface area (Å²) < 4.78 is 5.48. The normalized spacial score (nSPS) is 12.7. The average Bonchev–Trinajstić information content (AvgIpc) is 3.34. The fourth-order valence-corrected chi connectivity index (χ4v) is 9.51. The quantitative estimate of drug-likeness (QED) is 0.0321. The Morgan fingerprint density at radius 2 is 0.691 bits per heavy atom. The van der Waals surface area contributed by atoms with Gasteiger partial charge in [-0.1, -0.05) is 269 Å². The average molecular weight is 959 g/mol.